The molecule has 4 heteroatoms. The highest BCUT2D eigenvalue weighted by Crippen LogP contribution is 2.23. The van der Waals surface area contributed by atoms with Crippen LogP contribution >= 0.6 is 0 Å². The third-order valence-electron chi connectivity index (χ3n) is 3.78. The number of carbonyl (C=O) groups excluding carboxylic acids is 1. The highest BCUT2D eigenvalue weighted by Gasteiger charge is 2.11. The predicted molar refractivity (Wildman–Crippen MR) is 91.1 cm³/mol. The Morgan fingerprint density at radius 3 is 2.82 bits per heavy atom. The predicted octanol–water partition coefficient (Wildman–Crippen LogP) is 4.14. The number of benzene rings is 1. The van der Waals surface area contributed by atoms with Crippen molar-refractivity contribution in [1.82, 2.24) is 0 Å². The number of allylic oxidation sites excluding steroid dienone is 1. The third-order valence-corrected chi connectivity index (χ3v) is 3.78. The number of ether oxygens (including phenoxy) is 1. The van der Waals surface area contributed by atoms with Gasteiger partial charge in [0, 0.05) is 6.54 Å². The topological polar surface area (TPSA) is 64.3 Å². The summed E-state index contributed by atoms with van der Waals surface area (Å²) < 4.78 is 5.17. The molecule has 120 valence electrons. The lowest BCUT2D eigenvalue weighted by atomic mass is 9.97. The fourth-order valence-electron chi connectivity index (χ4n) is 2.62. The monoisotopic (exact) mass is 302 g/mol. The van der Waals surface area contributed by atoms with Gasteiger partial charge in [-0.3, -0.25) is 0 Å². The maximum Gasteiger partial charge on any atom is 0.338 e. The van der Waals surface area contributed by atoms with E-state index in [4.69, 9.17) is 10.5 Å². The van der Waals surface area contributed by atoms with Gasteiger partial charge < -0.3 is 15.8 Å². The van der Waals surface area contributed by atoms with Crippen LogP contribution in [0.25, 0.3) is 0 Å². The molecule has 1 aromatic carbocycles. The average molecular weight is 302 g/mol. The van der Waals surface area contributed by atoms with Gasteiger partial charge in [-0.1, -0.05) is 11.6 Å². The maximum absolute atomic E-state index is 11.8. The Balaban J connectivity index is 1.89. The number of anilines is 2. The molecule has 0 fully saturated rings. The highest BCUT2D eigenvalue weighted by atomic mass is 16.5. The van der Waals surface area contributed by atoms with E-state index in [9.17, 15) is 4.79 Å². The molecule has 1 aromatic rings. The number of rotatable bonds is 6. The molecule has 0 unspecified atom stereocenters. The first-order valence-corrected chi connectivity index (χ1v) is 8.08. The van der Waals surface area contributed by atoms with Crippen molar-refractivity contribution in [3.8, 4) is 0 Å². The van der Waals surface area contributed by atoms with E-state index in [0.717, 1.165) is 18.7 Å². The second-order valence-corrected chi connectivity index (χ2v) is 6.04. The molecule has 0 saturated heterocycles. The molecule has 0 saturated carbocycles. The molecule has 0 amide bonds. The van der Waals surface area contributed by atoms with Crippen LogP contribution < -0.4 is 11.1 Å². The lowest BCUT2D eigenvalue weighted by molar-refractivity contribution is 0.0378. The van der Waals surface area contributed by atoms with Gasteiger partial charge in [-0.25, -0.2) is 4.79 Å². The van der Waals surface area contributed by atoms with E-state index in [-0.39, 0.29) is 12.1 Å². The lowest BCUT2D eigenvalue weighted by Gasteiger charge is -2.15. The van der Waals surface area contributed by atoms with Crippen LogP contribution in [0.5, 0.6) is 0 Å². The average Bonchev–Trinajstić information content (AvgIpc) is 2.49. The van der Waals surface area contributed by atoms with Gasteiger partial charge in [0.2, 0.25) is 0 Å². The summed E-state index contributed by atoms with van der Waals surface area (Å²) in [4.78, 5) is 11.8. The minimum Gasteiger partial charge on any atom is -0.459 e. The van der Waals surface area contributed by atoms with Gasteiger partial charge in [0.1, 0.15) is 0 Å². The van der Waals surface area contributed by atoms with Crippen LogP contribution in [0.4, 0.5) is 11.4 Å². The zero-order chi connectivity index (χ0) is 15.9. The molecular weight excluding hydrogens is 276 g/mol. The van der Waals surface area contributed by atoms with Gasteiger partial charge in [-0.05, 0) is 64.2 Å². The molecule has 1 aliphatic carbocycles. The van der Waals surface area contributed by atoms with Crippen LogP contribution in [0.1, 0.15) is 56.3 Å². The minimum atomic E-state index is -0.333. The highest BCUT2D eigenvalue weighted by molar-refractivity contribution is 5.92. The summed E-state index contributed by atoms with van der Waals surface area (Å²) in [5, 5.41) is 3.35. The summed E-state index contributed by atoms with van der Waals surface area (Å²) in [5.74, 6) is -0.333. The van der Waals surface area contributed by atoms with Crippen molar-refractivity contribution >= 4 is 17.3 Å². The van der Waals surface area contributed by atoms with E-state index in [1.807, 2.05) is 19.9 Å². The van der Waals surface area contributed by atoms with E-state index < -0.39 is 0 Å². The van der Waals surface area contributed by atoms with E-state index in [1.165, 1.54) is 31.3 Å². The second kappa shape index (κ2) is 7.87. The molecule has 0 aromatic heterocycles. The smallest absolute Gasteiger partial charge is 0.338 e. The molecule has 0 radical (unpaired) electrons. The van der Waals surface area contributed by atoms with E-state index in [2.05, 4.69) is 11.4 Å². The number of nitrogens with one attached hydrogen (secondary N) is 1. The van der Waals surface area contributed by atoms with Crippen LogP contribution in [-0.4, -0.2) is 18.6 Å². The number of nitrogen functional groups attached to an aromatic ring is 1. The van der Waals surface area contributed by atoms with Crippen molar-refractivity contribution in [2.24, 2.45) is 0 Å². The summed E-state index contributed by atoms with van der Waals surface area (Å²) in [6.45, 7) is 4.53. The first-order chi connectivity index (χ1) is 10.6. The fraction of sp³-hybridized carbons (Fsp3) is 0.500. The Morgan fingerprint density at radius 1 is 1.36 bits per heavy atom. The second-order valence-electron chi connectivity index (χ2n) is 6.04. The molecule has 0 bridgehead atoms. The Morgan fingerprint density at radius 2 is 2.18 bits per heavy atom. The quantitative estimate of drug-likeness (QED) is 0.471. The van der Waals surface area contributed by atoms with Crippen molar-refractivity contribution in [3.63, 3.8) is 0 Å². The molecule has 3 N–H and O–H groups in total. The van der Waals surface area contributed by atoms with E-state index in [0.29, 0.717) is 11.3 Å². The fourth-order valence-corrected chi connectivity index (χ4v) is 2.62. The standard InChI is InChI=1S/C18H26N2O2/c1-13(2)22-18(21)15-8-9-17(16(19)12-15)20-11-10-14-6-4-3-5-7-14/h6,8-9,12-13,20H,3-5,7,10-11,19H2,1-2H3. The van der Waals surface area contributed by atoms with Crippen LogP contribution in [0.15, 0.2) is 29.8 Å². The third kappa shape index (κ3) is 4.79. The number of nitrogens with two attached hydrogens (primary N) is 1. The molecule has 4 nitrogen and oxygen atoms in total. The molecule has 0 heterocycles. The Bertz CT molecular complexity index is 550. The van der Waals surface area contributed by atoms with Crippen LogP contribution in [-0.2, 0) is 4.74 Å². The zero-order valence-electron chi connectivity index (χ0n) is 13.5. The first-order valence-electron chi connectivity index (χ1n) is 8.08. The molecule has 2 rings (SSSR count). The van der Waals surface area contributed by atoms with E-state index >= 15 is 0 Å². The number of carbonyl (C=O) groups is 1. The number of hydrogen-bond donors (Lipinski definition) is 2. The van der Waals surface area contributed by atoms with Gasteiger partial charge in [0.05, 0.1) is 23.0 Å². The van der Waals surface area contributed by atoms with E-state index in [1.54, 1.807) is 12.1 Å². The molecule has 0 spiro atoms. The van der Waals surface area contributed by atoms with Crippen LogP contribution in [0, 0.1) is 0 Å². The minimum absolute atomic E-state index is 0.129. The first kappa shape index (κ1) is 16.4. The SMILES string of the molecule is CC(C)OC(=O)c1ccc(NCCC2=CCCCC2)c(N)c1. The molecule has 1 aliphatic rings. The van der Waals surface area contributed by atoms with Crippen molar-refractivity contribution in [3.05, 3.63) is 35.4 Å². The summed E-state index contributed by atoms with van der Waals surface area (Å²) in [5.41, 5.74) is 9.51. The van der Waals surface area contributed by atoms with Crippen LogP contribution in [0.2, 0.25) is 0 Å². The summed E-state index contributed by atoms with van der Waals surface area (Å²) in [6, 6.07) is 5.28. The van der Waals surface area contributed by atoms with Gasteiger partial charge in [0.25, 0.3) is 0 Å². The molecule has 0 aliphatic heterocycles. The summed E-state index contributed by atoms with van der Waals surface area (Å²) in [7, 11) is 0. The normalized spacial score (nSPS) is 14.6. The number of esters is 1. The van der Waals surface area contributed by atoms with Gasteiger partial charge in [-0.2, -0.15) is 0 Å². The van der Waals surface area contributed by atoms with Crippen molar-refractivity contribution in [1.29, 1.82) is 0 Å². The van der Waals surface area contributed by atoms with Crippen molar-refractivity contribution < 1.29 is 9.53 Å². The largest absolute Gasteiger partial charge is 0.459 e. The Kier molecular flexibility index (Phi) is 5.87. The van der Waals surface area contributed by atoms with Gasteiger partial charge in [0.15, 0.2) is 0 Å². The molecule has 22 heavy (non-hydrogen) atoms. The van der Waals surface area contributed by atoms with Crippen molar-refractivity contribution in [2.45, 2.75) is 52.1 Å². The van der Waals surface area contributed by atoms with Crippen molar-refractivity contribution in [2.75, 3.05) is 17.6 Å². The van der Waals surface area contributed by atoms with Gasteiger partial charge in [-0.15, -0.1) is 0 Å². The Labute approximate surface area is 132 Å². The number of hydrogen-bond acceptors (Lipinski definition) is 4. The van der Waals surface area contributed by atoms with Crippen LogP contribution in [0.3, 0.4) is 0 Å². The molecule has 0 atom stereocenters. The lowest BCUT2D eigenvalue weighted by Crippen LogP contribution is -2.12. The summed E-state index contributed by atoms with van der Waals surface area (Å²) >= 11 is 0. The van der Waals surface area contributed by atoms with Gasteiger partial charge >= 0.3 is 5.97 Å². The zero-order valence-corrected chi connectivity index (χ0v) is 13.5. The molecular formula is C18H26N2O2. The summed E-state index contributed by atoms with van der Waals surface area (Å²) in [6.07, 6.45) is 8.34. The maximum atomic E-state index is 11.8. The Hall–Kier alpha value is -1.97.